The normalized spacial score (nSPS) is 28.4. The minimum Gasteiger partial charge on any atom is -0.478 e. The number of halogens is 2. The summed E-state index contributed by atoms with van der Waals surface area (Å²) in [7, 11) is 0. The number of benzene rings is 1. The molecule has 1 aromatic carbocycles. The number of likely N-dealkylation sites (tertiary alicyclic amines) is 1. The van der Waals surface area contributed by atoms with Crippen LogP contribution in [0.4, 0.5) is 14.5 Å². The maximum absolute atomic E-state index is 14.0. The molecule has 3 heterocycles. The molecule has 1 aliphatic carbocycles. The first-order valence-corrected chi connectivity index (χ1v) is 14.5. The summed E-state index contributed by atoms with van der Waals surface area (Å²) in [5.74, 6) is -4.72. The average Bonchev–Trinajstić information content (AvgIpc) is 3.38. The summed E-state index contributed by atoms with van der Waals surface area (Å²) < 4.78 is 38.2. The van der Waals surface area contributed by atoms with Crippen LogP contribution in [0.1, 0.15) is 47.5 Å². The fourth-order valence-corrected chi connectivity index (χ4v) is 6.54. The van der Waals surface area contributed by atoms with Crippen LogP contribution in [0.3, 0.4) is 0 Å². The lowest BCUT2D eigenvalue weighted by Gasteiger charge is -2.38. The molecule has 2 saturated heterocycles. The zero-order valence-electron chi connectivity index (χ0n) is 24.8. The van der Waals surface area contributed by atoms with Crippen LogP contribution in [0.25, 0.3) is 0 Å². The predicted molar refractivity (Wildman–Crippen MR) is 148 cm³/mol. The molecule has 0 bridgehead atoms. The number of carbonyl (C=O) groups excluding carboxylic acids is 4. The Labute approximate surface area is 248 Å². The van der Waals surface area contributed by atoms with Crippen LogP contribution in [0.15, 0.2) is 12.1 Å². The number of hydrogen-bond acceptors (Lipinski definition) is 7. The smallest absolute Gasteiger partial charge is 0.265 e. The van der Waals surface area contributed by atoms with Crippen LogP contribution in [0, 0.1) is 51.5 Å². The zero-order valence-corrected chi connectivity index (χ0v) is 24.8. The van der Waals surface area contributed by atoms with Gasteiger partial charge in [0, 0.05) is 31.7 Å². The monoisotopic (exact) mass is 601 g/mol. The Morgan fingerprint density at radius 3 is 2.51 bits per heavy atom. The third-order valence-electron chi connectivity index (χ3n) is 9.22. The van der Waals surface area contributed by atoms with E-state index in [1.807, 2.05) is 40.7 Å². The Hall–Kier alpha value is -3.79. The van der Waals surface area contributed by atoms with E-state index in [-0.39, 0.29) is 52.8 Å². The van der Waals surface area contributed by atoms with E-state index in [9.17, 15) is 33.2 Å². The first-order chi connectivity index (χ1) is 20.1. The molecule has 5 rings (SSSR count). The van der Waals surface area contributed by atoms with Crippen molar-refractivity contribution in [1.29, 1.82) is 5.26 Å². The molecule has 4 amide bonds. The Bertz CT molecular complexity index is 1380. The van der Waals surface area contributed by atoms with Gasteiger partial charge in [-0.2, -0.15) is 5.26 Å². The van der Waals surface area contributed by atoms with Crippen molar-refractivity contribution in [1.82, 2.24) is 15.5 Å². The zero-order chi connectivity index (χ0) is 31.4. The summed E-state index contributed by atoms with van der Waals surface area (Å²) in [5.41, 5.74) is -0.909. The third kappa shape index (κ3) is 5.77. The van der Waals surface area contributed by atoms with Crippen LogP contribution in [-0.4, -0.2) is 72.5 Å². The number of rotatable bonds is 7. The second kappa shape index (κ2) is 11.0. The Balaban J connectivity index is 1.31. The highest BCUT2D eigenvalue weighted by atomic mass is 19.2. The van der Waals surface area contributed by atoms with Gasteiger partial charge in [-0.05, 0) is 29.1 Å². The lowest BCUT2D eigenvalue weighted by atomic mass is 9.84. The van der Waals surface area contributed by atoms with Crippen molar-refractivity contribution in [3.05, 3.63) is 23.8 Å². The van der Waals surface area contributed by atoms with E-state index in [0.717, 1.165) is 12.1 Å². The van der Waals surface area contributed by atoms with Crippen molar-refractivity contribution >= 4 is 29.3 Å². The molecule has 3 fully saturated rings. The number of amides is 4. The van der Waals surface area contributed by atoms with Gasteiger partial charge in [0.2, 0.25) is 17.7 Å². The summed E-state index contributed by atoms with van der Waals surface area (Å²) in [4.78, 5) is 54.9. The van der Waals surface area contributed by atoms with Gasteiger partial charge in [-0.3, -0.25) is 19.2 Å². The number of anilines is 1. The summed E-state index contributed by atoms with van der Waals surface area (Å²) in [5, 5.41) is 17.9. The topological polar surface area (TPSA) is 150 Å². The van der Waals surface area contributed by atoms with Gasteiger partial charge in [0.25, 0.3) is 5.91 Å². The number of hydrogen-bond donors (Lipinski definition) is 3. The van der Waals surface area contributed by atoms with Crippen LogP contribution in [-0.2, 0) is 23.9 Å². The van der Waals surface area contributed by atoms with Gasteiger partial charge in [-0.15, -0.1) is 0 Å². The quantitative estimate of drug-likeness (QED) is 0.433. The standard InChI is InChI=1S/C30H37F2N5O6/c1-29(2,3)24(36-25(38)14-6-7-42-13-14)28(41)37-12-16-22(30(16,4)5)23(37)27(40)34-15(11-33)8-21-26(39)35-19-9-17(31)18(32)10-20(19)43-21/h9-10,14-16,21-24H,6-8,12-13H2,1-5H3,(H,34,40)(H,35,39)(H,36,38)/t14?,15-,16-,21?,22-,23-,24?/m0/s1. The second-order valence-electron chi connectivity index (χ2n) is 13.5. The van der Waals surface area contributed by atoms with Crippen LogP contribution in [0.5, 0.6) is 5.75 Å². The van der Waals surface area contributed by atoms with E-state index < -0.39 is 53.1 Å². The molecule has 1 saturated carbocycles. The molecular weight excluding hydrogens is 564 g/mol. The van der Waals surface area contributed by atoms with Gasteiger partial charge >= 0.3 is 0 Å². The molecule has 7 atom stereocenters. The molecule has 0 radical (unpaired) electrons. The van der Waals surface area contributed by atoms with E-state index in [2.05, 4.69) is 16.0 Å². The van der Waals surface area contributed by atoms with Gasteiger partial charge < -0.3 is 30.3 Å². The van der Waals surface area contributed by atoms with Crippen molar-refractivity contribution in [2.24, 2.45) is 28.6 Å². The molecule has 1 aromatic rings. The van der Waals surface area contributed by atoms with Crippen LogP contribution < -0.4 is 20.7 Å². The van der Waals surface area contributed by atoms with Crippen LogP contribution >= 0.6 is 0 Å². The lowest BCUT2D eigenvalue weighted by Crippen LogP contribution is -2.60. The highest BCUT2D eigenvalue weighted by molar-refractivity contribution is 5.98. The maximum Gasteiger partial charge on any atom is 0.265 e. The molecule has 4 aliphatic rings. The molecule has 13 heteroatoms. The Morgan fingerprint density at radius 1 is 1.19 bits per heavy atom. The third-order valence-corrected chi connectivity index (χ3v) is 9.22. The molecule has 3 aliphatic heterocycles. The molecule has 11 nitrogen and oxygen atoms in total. The minimum atomic E-state index is -1.26. The average molecular weight is 602 g/mol. The fraction of sp³-hybridized carbons (Fsp3) is 0.633. The van der Waals surface area contributed by atoms with Gasteiger partial charge in [-0.25, -0.2) is 8.78 Å². The van der Waals surface area contributed by atoms with Gasteiger partial charge in [0.15, 0.2) is 17.7 Å². The molecule has 0 aromatic heterocycles. The number of nitrogens with one attached hydrogen (secondary N) is 3. The predicted octanol–water partition coefficient (Wildman–Crippen LogP) is 2.11. The number of piperidine rings is 1. The van der Waals surface area contributed by atoms with E-state index in [1.54, 1.807) is 0 Å². The van der Waals surface area contributed by atoms with Crippen molar-refractivity contribution in [2.45, 2.75) is 71.7 Å². The van der Waals surface area contributed by atoms with E-state index >= 15 is 0 Å². The fourth-order valence-electron chi connectivity index (χ4n) is 6.54. The number of nitrogens with zero attached hydrogens (tertiary/aromatic N) is 2. The largest absolute Gasteiger partial charge is 0.478 e. The number of carbonyl (C=O) groups is 4. The molecule has 0 spiro atoms. The van der Waals surface area contributed by atoms with Crippen molar-refractivity contribution in [3.8, 4) is 11.8 Å². The molecule has 43 heavy (non-hydrogen) atoms. The molecular formula is C30H37F2N5O6. The second-order valence-corrected chi connectivity index (χ2v) is 13.5. The van der Waals surface area contributed by atoms with E-state index in [4.69, 9.17) is 9.47 Å². The minimum absolute atomic E-state index is 0.0410. The summed E-state index contributed by atoms with van der Waals surface area (Å²) in [6, 6.07) is 0.602. The summed E-state index contributed by atoms with van der Waals surface area (Å²) in [6.07, 6.45) is -0.956. The van der Waals surface area contributed by atoms with Crippen molar-refractivity contribution in [2.75, 3.05) is 25.1 Å². The first-order valence-electron chi connectivity index (χ1n) is 14.5. The highest BCUT2D eigenvalue weighted by Gasteiger charge is 2.69. The number of nitriles is 1. The summed E-state index contributed by atoms with van der Waals surface area (Å²) in [6.45, 7) is 10.7. The van der Waals surface area contributed by atoms with Gasteiger partial charge in [-0.1, -0.05) is 34.6 Å². The van der Waals surface area contributed by atoms with Gasteiger partial charge in [0.05, 0.1) is 24.3 Å². The molecule has 3 unspecified atom stereocenters. The van der Waals surface area contributed by atoms with E-state index in [1.165, 1.54) is 4.90 Å². The van der Waals surface area contributed by atoms with Crippen molar-refractivity contribution in [3.63, 3.8) is 0 Å². The Kier molecular flexibility index (Phi) is 7.88. The van der Waals surface area contributed by atoms with Crippen LogP contribution in [0.2, 0.25) is 0 Å². The lowest BCUT2D eigenvalue weighted by molar-refractivity contribution is -0.146. The first kappa shape index (κ1) is 30.7. The number of fused-ring (bicyclic) bond motifs is 2. The van der Waals surface area contributed by atoms with Gasteiger partial charge in [0.1, 0.15) is 23.9 Å². The van der Waals surface area contributed by atoms with Crippen molar-refractivity contribution < 1.29 is 37.4 Å². The molecule has 232 valence electrons. The Morgan fingerprint density at radius 2 is 1.88 bits per heavy atom. The SMILES string of the molecule is CC(C)(C)C(NC(=O)C1CCOC1)C(=O)N1C[C@H]2[C@@H]([C@H]1C(=O)N[C@H](C#N)CC1Oc3cc(F)c(F)cc3NC1=O)C2(C)C. The highest BCUT2D eigenvalue weighted by Crippen LogP contribution is 2.65. The number of ether oxygens (including phenoxy) is 2. The molecule has 3 N–H and O–H groups in total. The summed E-state index contributed by atoms with van der Waals surface area (Å²) >= 11 is 0. The maximum atomic E-state index is 14.0. The van der Waals surface area contributed by atoms with E-state index in [0.29, 0.717) is 26.2 Å².